The molecule has 1 aliphatic heterocycles. The van der Waals surface area contributed by atoms with Gasteiger partial charge in [0.15, 0.2) is 0 Å². The molecular weight excluding hydrogens is 445 g/mol. The van der Waals surface area contributed by atoms with Gasteiger partial charge in [0.25, 0.3) is 10.0 Å². The van der Waals surface area contributed by atoms with Crippen LogP contribution in [0.5, 0.6) is 0 Å². The second-order valence-corrected chi connectivity index (χ2v) is 9.49. The van der Waals surface area contributed by atoms with Gasteiger partial charge in [0.1, 0.15) is 5.82 Å². The van der Waals surface area contributed by atoms with E-state index < -0.39 is 16.0 Å². The number of carboxylic acids is 1. The van der Waals surface area contributed by atoms with Crippen molar-refractivity contribution in [2.75, 3.05) is 35.8 Å². The van der Waals surface area contributed by atoms with E-state index in [1.54, 1.807) is 48.5 Å². The van der Waals surface area contributed by atoms with Crippen molar-refractivity contribution in [3.63, 3.8) is 0 Å². The van der Waals surface area contributed by atoms with E-state index in [2.05, 4.69) is 9.62 Å². The zero-order valence-corrected chi connectivity index (χ0v) is 18.6. The summed E-state index contributed by atoms with van der Waals surface area (Å²) in [6.07, 6.45) is 0. The summed E-state index contributed by atoms with van der Waals surface area (Å²) in [5.41, 5.74) is 1.35. The number of carbonyl (C=O) groups is 1. The van der Waals surface area contributed by atoms with Crippen LogP contribution in [0, 0.1) is 5.82 Å². The van der Waals surface area contributed by atoms with Crippen molar-refractivity contribution in [1.29, 1.82) is 0 Å². The summed E-state index contributed by atoms with van der Waals surface area (Å²) in [5.74, 6) is -1.37. The first-order valence-corrected chi connectivity index (χ1v) is 12.0. The van der Waals surface area contributed by atoms with Gasteiger partial charge in [0.2, 0.25) is 0 Å². The highest BCUT2D eigenvalue weighted by atomic mass is 32.2. The third-order valence-electron chi connectivity index (χ3n) is 5.60. The number of nitrogens with zero attached hydrogens (tertiary/aromatic N) is 2. The second kappa shape index (κ2) is 9.60. The molecule has 0 spiro atoms. The number of anilines is 2. The summed E-state index contributed by atoms with van der Waals surface area (Å²) in [4.78, 5) is 16.1. The molecule has 1 heterocycles. The first-order chi connectivity index (χ1) is 15.8. The van der Waals surface area contributed by atoms with Gasteiger partial charge in [0.05, 0.1) is 16.1 Å². The van der Waals surface area contributed by atoms with Gasteiger partial charge in [-0.05, 0) is 36.4 Å². The van der Waals surface area contributed by atoms with Gasteiger partial charge >= 0.3 is 5.97 Å². The van der Waals surface area contributed by atoms with Gasteiger partial charge in [-0.3, -0.25) is 9.62 Å². The van der Waals surface area contributed by atoms with Crippen LogP contribution in [-0.2, 0) is 16.6 Å². The van der Waals surface area contributed by atoms with Crippen LogP contribution in [0.25, 0.3) is 0 Å². The van der Waals surface area contributed by atoms with E-state index in [0.717, 1.165) is 0 Å². The van der Waals surface area contributed by atoms with E-state index in [1.165, 1.54) is 24.3 Å². The molecule has 1 fully saturated rings. The van der Waals surface area contributed by atoms with E-state index in [-0.39, 0.29) is 22.0 Å². The maximum atomic E-state index is 13.9. The van der Waals surface area contributed by atoms with Crippen LogP contribution in [0.3, 0.4) is 0 Å². The van der Waals surface area contributed by atoms with E-state index in [1.807, 2.05) is 4.90 Å². The predicted molar refractivity (Wildman–Crippen MR) is 125 cm³/mol. The molecule has 2 N–H and O–H groups in total. The van der Waals surface area contributed by atoms with Crippen molar-refractivity contribution in [2.45, 2.75) is 11.4 Å². The number of rotatable bonds is 7. The number of sulfonamides is 1. The maximum absolute atomic E-state index is 13.9. The number of benzene rings is 3. The molecule has 1 aliphatic rings. The third kappa shape index (κ3) is 5.32. The second-order valence-electron chi connectivity index (χ2n) is 7.81. The van der Waals surface area contributed by atoms with Crippen LogP contribution >= 0.6 is 0 Å². The minimum absolute atomic E-state index is 0.0193. The largest absolute Gasteiger partial charge is 0.478 e. The molecule has 9 heteroatoms. The molecule has 0 saturated carbocycles. The average Bonchev–Trinajstić information content (AvgIpc) is 2.81. The van der Waals surface area contributed by atoms with Crippen LogP contribution in [0.4, 0.5) is 15.8 Å². The van der Waals surface area contributed by atoms with Crippen LogP contribution in [-0.4, -0.2) is 50.6 Å². The Hall–Kier alpha value is -3.43. The van der Waals surface area contributed by atoms with E-state index >= 15 is 0 Å². The Balaban J connectivity index is 1.47. The highest BCUT2D eigenvalue weighted by molar-refractivity contribution is 7.92. The highest BCUT2D eigenvalue weighted by Crippen LogP contribution is 2.27. The normalized spacial score (nSPS) is 14.8. The SMILES string of the molecule is O=C(O)c1cc(NS(=O)(=O)c2ccccc2)ccc1N1CCN(Cc2ccccc2F)CC1. The summed E-state index contributed by atoms with van der Waals surface area (Å²) >= 11 is 0. The minimum atomic E-state index is -3.83. The Bertz CT molecular complexity index is 1240. The molecule has 172 valence electrons. The van der Waals surface area contributed by atoms with Crippen molar-refractivity contribution in [2.24, 2.45) is 0 Å². The first-order valence-electron chi connectivity index (χ1n) is 10.5. The monoisotopic (exact) mass is 469 g/mol. The number of carboxylic acid groups (broad SMARTS) is 1. The van der Waals surface area contributed by atoms with Crippen molar-refractivity contribution in [3.05, 3.63) is 89.7 Å². The summed E-state index contributed by atoms with van der Waals surface area (Å²) < 4.78 is 41.5. The zero-order chi connectivity index (χ0) is 23.4. The van der Waals surface area contributed by atoms with Crippen LogP contribution < -0.4 is 9.62 Å². The fraction of sp³-hybridized carbons (Fsp3) is 0.208. The maximum Gasteiger partial charge on any atom is 0.337 e. The molecule has 3 aromatic rings. The van der Waals surface area contributed by atoms with Crippen LogP contribution in [0.15, 0.2) is 77.7 Å². The average molecular weight is 470 g/mol. The number of nitrogens with one attached hydrogen (secondary N) is 1. The van der Waals surface area contributed by atoms with Crippen molar-refractivity contribution >= 4 is 27.4 Å². The number of hydrogen-bond acceptors (Lipinski definition) is 5. The molecule has 0 atom stereocenters. The lowest BCUT2D eigenvalue weighted by Crippen LogP contribution is -2.46. The molecule has 4 rings (SSSR count). The van der Waals surface area contributed by atoms with Gasteiger partial charge in [-0.2, -0.15) is 0 Å². The molecule has 0 bridgehead atoms. The van der Waals surface area contributed by atoms with Crippen molar-refractivity contribution in [1.82, 2.24) is 4.90 Å². The quantitative estimate of drug-likeness (QED) is 0.549. The van der Waals surface area contributed by atoms with Crippen LogP contribution in [0.2, 0.25) is 0 Å². The van der Waals surface area contributed by atoms with Crippen LogP contribution in [0.1, 0.15) is 15.9 Å². The molecule has 0 aromatic heterocycles. The summed E-state index contributed by atoms with van der Waals surface area (Å²) in [5, 5.41) is 9.76. The van der Waals surface area contributed by atoms with E-state index in [0.29, 0.717) is 44.0 Å². The molecular formula is C24H24FN3O4S. The molecule has 0 radical (unpaired) electrons. The predicted octanol–water partition coefficient (Wildman–Crippen LogP) is 3.65. The molecule has 1 saturated heterocycles. The Morgan fingerprint density at radius 3 is 2.27 bits per heavy atom. The summed E-state index contributed by atoms with van der Waals surface area (Å²) in [6, 6.07) is 19.1. The molecule has 33 heavy (non-hydrogen) atoms. The molecule has 0 unspecified atom stereocenters. The number of aromatic carboxylic acids is 1. The van der Waals surface area contributed by atoms with Gasteiger partial charge in [-0.15, -0.1) is 0 Å². The van der Waals surface area contributed by atoms with Crippen molar-refractivity contribution < 1.29 is 22.7 Å². The first kappa shape index (κ1) is 22.8. The lowest BCUT2D eigenvalue weighted by Gasteiger charge is -2.36. The molecule has 0 aliphatic carbocycles. The van der Waals surface area contributed by atoms with Crippen molar-refractivity contribution in [3.8, 4) is 0 Å². The fourth-order valence-corrected chi connectivity index (χ4v) is 4.95. The summed E-state index contributed by atoms with van der Waals surface area (Å²) in [7, 11) is -3.83. The Morgan fingerprint density at radius 1 is 0.939 bits per heavy atom. The number of piperazine rings is 1. The van der Waals surface area contributed by atoms with E-state index in [4.69, 9.17) is 0 Å². The number of halogens is 1. The lowest BCUT2D eigenvalue weighted by molar-refractivity contribution is 0.0697. The summed E-state index contributed by atoms with van der Waals surface area (Å²) in [6.45, 7) is 2.94. The Labute approximate surface area is 192 Å². The topological polar surface area (TPSA) is 89.9 Å². The van der Waals surface area contributed by atoms with Gasteiger partial charge < -0.3 is 10.0 Å². The standard InChI is InChI=1S/C24H24FN3O4S/c25-22-9-5-4-6-18(22)17-27-12-14-28(15-13-27)23-11-10-19(16-21(23)24(29)30)26-33(31,32)20-7-2-1-3-8-20/h1-11,16,26H,12-15,17H2,(H,29,30). The van der Waals surface area contributed by atoms with Gasteiger partial charge in [-0.1, -0.05) is 36.4 Å². The minimum Gasteiger partial charge on any atom is -0.478 e. The number of hydrogen-bond donors (Lipinski definition) is 2. The third-order valence-corrected chi connectivity index (χ3v) is 6.99. The smallest absolute Gasteiger partial charge is 0.337 e. The molecule has 3 aromatic carbocycles. The highest BCUT2D eigenvalue weighted by Gasteiger charge is 2.23. The van der Waals surface area contributed by atoms with Gasteiger partial charge in [0, 0.05) is 44.0 Å². The fourth-order valence-electron chi connectivity index (χ4n) is 3.87. The lowest BCUT2D eigenvalue weighted by atomic mass is 10.1. The Kier molecular flexibility index (Phi) is 6.62. The van der Waals surface area contributed by atoms with E-state index in [9.17, 15) is 22.7 Å². The zero-order valence-electron chi connectivity index (χ0n) is 17.8. The van der Waals surface area contributed by atoms with Gasteiger partial charge in [-0.25, -0.2) is 17.6 Å². The Morgan fingerprint density at radius 2 is 1.61 bits per heavy atom. The molecule has 0 amide bonds. The molecule has 7 nitrogen and oxygen atoms in total.